The number of amides is 1. The van der Waals surface area contributed by atoms with E-state index in [-0.39, 0.29) is 11.3 Å². The number of aromatic nitrogens is 1. The quantitative estimate of drug-likeness (QED) is 0.236. The van der Waals surface area contributed by atoms with E-state index in [1.165, 1.54) is 11.1 Å². The van der Waals surface area contributed by atoms with E-state index in [1.807, 2.05) is 62.4 Å². The van der Waals surface area contributed by atoms with E-state index in [0.29, 0.717) is 0 Å². The molecule has 0 spiro atoms. The number of hydrazone groups is 1. The molecule has 0 radical (unpaired) electrons. The molecule has 0 atom stereocenters. The maximum absolute atomic E-state index is 12.6. The molecule has 5 heteroatoms. The van der Waals surface area contributed by atoms with Gasteiger partial charge >= 0.3 is 0 Å². The van der Waals surface area contributed by atoms with Crippen molar-refractivity contribution in [3.05, 3.63) is 120 Å². The smallest absolute Gasteiger partial charge is 0.275 e. The number of phenolic OH excluding ortho intramolecular Hbond substituents is 1. The zero-order chi connectivity index (χ0) is 24.4. The summed E-state index contributed by atoms with van der Waals surface area (Å²) in [5.74, 6) is -0.539. The largest absolute Gasteiger partial charge is 0.507 e. The first-order valence-electron chi connectivity index (χ1n) is 11.4. The van der Waals surface area contributed by atoms with E-state index in [4.69, 9.17) is 0 Å². The number of hydrogen-bond donors (Lipinski definition) is 2. The SMILES string of the molecule is Cc1cc(C=NNC(=O)c2cc3ccccc3cc2O)c(C)n1-c1ccc(-c2ccccc2)cc1. The third-order valence-electron chi connectivity index (χ3n) is 6.18. The minimum atomic E-state index is -0.463. The number of nitrogens with zero attached hydrogens (tertiary/aromatic N) is 2. The maximum Gasteiger partial charge on any atom is 0.275 e. The number of rotatable bonds is 5. The highest BCUT2D eigenvalue weighted by Crippen LogP contribution is 2.26. The van der Waals surface area contributed by atoms with Crippen LogP contribution in [0.25, 0.3) is 27.6 Å². The fourth-order valence-corrected chi connectivity index (χ4v) is 4.38. The van der Waals surface area contributed by atoms with Crippen molar-refractivity contribution < 1.29 is 9.90 Å². The highest BCUT2D eigenvalue weighted by molar-refractivity contribution is 6.01. The third-order valence-corrected chi connectivity index (χ3v) is 6.18. The summed E-state index contributed by atoms with van der Waals surface area (Å²) in [6.07, 6.45) is 1.63. The van der Waals surface area contributed by atoms with Crippen LogP contribution >= 0.6 is 0 Å². The zero-order valence-corrected chi connectivity index (χ0v) is 19.6. The Morgan fingerprint density at radius 3 is 2.17 bits per heavy atom. The van der Waals surface area contributed by atoms with Crippen LogP contribution in [0.1, 0.15) is 27.3 Å². The summed E-state index contributed by atoms with van der Waals surface area (Å²) in [5, 5.41) is 16.2. The molecule has 2 N–H and O–H groups in total. The Hall–Kier alpha value is -4.64. The number of carbonyl (C=O) groups is 1. The number of aryl methyl sites for hydroxylation is 1. The third kappa shape index (κ3) is 4.44. The Kier molecular flexibility index (Phi) is 5.90. The maximum atomic E-state index is 12.6. The summed E-state index contributed by atoms with van der Waals surface area (Å²) in [6, 6.07) is 31.6. The van der Waals surface area contributed by atoms with Gasteiger partial charge in [0.05, 0.1) is 11.8 Å². The predicted molar refractivity (Wildman–Crippen MR) is 141 cm³/mol. The summed E-state index contributed by atoms with van der Waals surface area (Å²) in [6.45, 7) is 4.07. The first kappa shape index (κ1) is 22.2. The van der Waals surface area contributed by atoms with Gasteiger partial charge in [0.1, 0.15) is 5.75 Å². The predicted octanol–water partition coefficient (Wildman–Crippen LogP) is 6.38. The number of nitrogens with one attached hydrogen (secondary N) is 1. The first-order valence-corrected chi connectivity index (χ1v) is 11.4. The molecular formula is C30H25N3O2. The Balaban J connectivity index is 1.34. The van der Waals surface area contributed by atoms with Gasteiger partial charge in [-0.25, -0.2) is 5.43 Å². The minimum Gasteiger partial charge on any atom is -0.507 e. The van der Waals surface area contributed by atoms with Gasteiger partial charge in [0.2, 0.25) is 0 Å². The van der Waals surface area contributed by atoms with E-state index in [0.717, 1.165) is 33.4 Å². The first-order chi connectivity index (χ1) is 17.0. The number of aromatic hydroxyl groups is 1. The molecule has 1 heterocycles. The lowest BCUT2D eigenvalue weighted by molar-refractivity contribution is 0.0952. The number of hydrogen-bond acceptors (Lipinski definition) is 3. The molecule has 0 saturated heterocycles. The van der Waals surface area contributed by atoms with Crippen molar-refractivity contribution in [1.82, 2.24) is 9.99 Å². The number of fused-ring (bicyclic) bond motifs is 1. The normalized spacial score (nSPS) is 11.3. The van der Waals surface area contributed by atoms with Crippen LogP contribution in [0.15, 0.2) is 102 Å². The molecule has 5 nitrogen and oxygen atoms in total. The summed E-state index contributed by atoms with van der Waals surface area (Å²) in [5.41, 5.74) is 9.11. The number of carbonyl (C=O) groups excluding carboxylic acids is 1. The molecule has 1 amide bonds. The number of phenols is 1. The number of benzene rings is 4. The average molecular weight is 460 g/mol. The summed E-state index contributed by atoms with van der Waals surface area (Å²) < 4.78 is 2.16. The van der Waals surface area contributed by atoms with Crippen LogP contribution < -0.4 is 5.43 Å². The fourth-order valence-electron chi connectivity index (χ4n) is 4.38. The standard InChI is InChI=1S/C30H25N3O2/c1-20-16-26(19-31-32-30(35)28-17-24-10-6-7-11-25(24)18-29(28)34)21(2)33(20)27-14-12-23(13-15-27)22-8-4-3-5-9-22/h3-19,34H,1-2H3,(H,32,35). The second-order valence-corrected chi connectivity index (χ2v) is 8.49. The molecule has 0 aliphatic heterocycles. The van der Waals surface area contributed by atoms with Crippen molar-refractivity contribution in [2.45, 2.75) is 13.8 Å². The van der Waals surface area contributed by atoms with Gasteiger partial charge in [-0.1, -0.05) is 66.7 Å². The molecule has 35 heavy (non-hydrogen) atoms. The zero-order valence-electron chi connectivity index (χ0n) is 19.6. The van der Waals surface area contributed by atoms with E-state index in [2.05, 4.69) is 51.5 Å². The van der Waals surface area contributed by atoms with E-state index < -0.39 is 5.91 Å². The molecule has 0 saturated carbocycles. The highest BCUT2D eigenvalue weighted by Gasteiger charge is 2.13. The summed E-state index contributed by atoms with van der Waals surface area (Å²) in [7, 11) is 0. The van der Waals surface area contributed by atoms with Crippen LogP contribution in [-0.4, -0.2) is 21.8 Å². The molecule has 5 rings (SSSR count). The molecule has 0 fully saturated rings. The van der Waals surface area contributed by atoms with Gasteiger partial charge < -0.3 is 9.67 Å². The molecule has 4 aromatic carbocycles. The monoisotopic (exact) mass is 459 g/mol. The average Bonchev–Trinajstić information content (AvgIpc) is 3.16. The topological polar surface area (TPSA) is 66.6 Å². The van der Waals surface area contributed by atoms with E-state index in [1.54, 1.807) is 18.3 Å². The molecule has 0 aliphatic carbocycles. The van der Waals surface area contributed by atoms with Crippen molar-refractivity contribution in [3.63, 3.8) is 0 Å². The Labute approximate surface area is 204 Å². The molecule has 1 aromatic heterocycles. The minimum absolute atomic E-state index is 0.0754. The lowest BCUT2D eigenvalue weighted by atomic mass is 10.1. The highest BCUT2D eigenvalue weighted by atomic mass is 16.3. The lowest BCUT2D eigenvalue weighted by Gasteiger charge is -2.11. The van der Waals surface area contributed by atoms with Crippen molar-refractivity contribution in [1.29, 1.82) is 0 Å². The van der Waals surface area contributed by atoms with Crippen molar-refractivity contribution >= 4 is 22.9 Å². The van der Waals surface area contributed by atoms with Crippen LogP contribution in [0.4, 0.5) is 0 Å². The van der Waals surface area contributed by atoms with Crippen LogP contribution in [0.5, 0.6) is 5.75 Å². The van der Waals surface area contributed by atoms with Gasteiger partial charge in [0.15, 0.2) is 0 Å². The second kappa shape index (κ2) is 9.31. The van der Waals surface area contributed by atoms with E-state index >= 15 is 0 Å². The van der Waals surface area contributed by atoms with Crippen LogP contribution in [0, 0.1) is 13.8 Å². The van der Waals surface area contributed by atoms with Gasteiger partial charge in [-0.3, -0.25) is 4.79 Å². The van der Waals surface area contributed by atoms with Crippen molar-refractivity contribution in [3.8, 4) is 22.6 Å². The molecular weight excluding hydrogens is 434 g/mol. The molecule has 5 aromatic rings. The van der Waals surface area contributed by atoms with Crippen LogP contribution in [0.2, 0.25) is 0 Å². The summed E-state index contributed by atoms with van der Waals surface area (Å²) >= 11 is 0. The Bertz CT molecular complexity index is 1550. The van der Waals surface area contributed by atoms with Gasteiger partial charge in [-0.15, -0.1) is 0 Å². The van der Waals surface area contributed by atoms with Crippen molar-refractivity contribution in [2.75, 3.05) is 0 Å². The van der Waals surface area contributed by atoms with Crippen LogP contribution in [-0.2, 0) is 0 Å². The molecule has 0 unspecified atom stereocenters. The van der Waals surface area contributed by atoms with Gasteiger partial charge in [0, 0.05) is 22.6 Å². The second-order valence-electron chi connectivity index (χ2n) is 8.49. The molecule has 0 bridgehead atoms. The Morgan fingerprint density at radius 2 is 1.46 bits per heavy atom. The summed E-state index contributed by atoms with van der Waals surface area (Å²) in [4.78, 5) is 12.6. The van der Waals surface area contributed by atoms with Crippen molar-refractivity contribution in [2.24, 2.45) is 5.10 Å². The lowest BCUT2D eigenvalue weighted by Crippen LogP contribution is -2.17. The Morgan fingerprint density at radius 1 is 0.829 bits per heavy atom. The van der Waals surface area contributed by atoms with E-state index in [9.17, 15) is 9.90 Å². The molecule has 0 aliphatic rings. The fraction of sp³-hybridized carbons (Fsp3) is 0.0667. The van der Waals surface area contributed by atoms with Gasteiger partial charge in [0.25, 0.3) is 5.91 Å². The molecule has 172 valence electrons. The van der Waals surface area contributed by atoms with Gasteiger partial charge in [-0.2, -0.15) is 5.10 Å². The van der Waals surface area contributed by atoms with Crippen LogP contribution in [0.3, 0.4) is 0 Å². The van der Waals surface area contributed by atoms with Gasteiger partial charge in [-0.05, 0) is 66.1 Å².